The molecule has 0 bridgehead atoms. The minimum Gasteiger partial charge on any atom is -0.314 e. The molecule has 1 saturated carbocycles. The summed E-state index contributed by atoms with van der Waals surface area (Å²) in [5, 5.41) is 3.23. The second-order valence-electron chi connectivity index (χ2n) is 5.48. The van der Waals surface area contributed by atoms with Crippen LogP contribution in [0.4, 0.5) is 0 Å². The summed E-state index contributed by atoms with van der Waals surface area (Å²) in [5.41, 5.74) is 0. The van der Waals surface area contributed by atoms with Crippen molar-refractivity contribution in [2.45, 2.75) is 51.1 Å². The van der Waals surface area contributed by atoms with Gasteiger partial charge in [0.2, 0.25) is 0 Å². The fourth-order valence-corrected chi connectivity index (χ4v) is 4.73. The standard InChI is InChI=1S/C12H25N3O2S.ClH/c1-11-10-13-8-9-15(11)18(16,17)14(2)12-6-4-3-5-7-12;/h11-13H,3-10H2,1-2H3;1H/t11-;/m0./s1. The first kappa shape index (κ1) is 17.2. The summed E-state index contributed by atoms with van der Waals surface area (Å²) in [7, 11) is -1.53. The van der Waals surface area contributed by atoms with Crippen molar-refractivity contribution < 1.29 is 8.42 Å². The van der Waals surface area contributed by atoms with Crippen LogP contribution in [0.2, 0.25) is 0 Å². The van der Waals surface area contributed by atoms with E-state index in [2.05, 4.69) is 5.32 Å². The Bertz CT molecular complexity index is 371. The van der Waals surface area contributed by atoms with Crippen molar-refractivity contribution in [1.82, 2.24) is 13.9 Å². The van der Waals surface area contributed by atoms with Crippen LogP contribution in [0.3, 0.4) is 0 Å². The molecule has 0 aromatic carbocycles. The second-order valence-corrected chi connectivity index (χ2v) is 7.42. The van der Waals surface area contributed by atoms with Gasteiger partial charge in [0.25, 0.3) is 10.2 Å². The van der Waals surface area contributed by atoms with Crippen molar-refractivity contribution >= 4 is 22.6 Å². The van der Waals surface area contributed by atoms with E-state index in [-0.39, 0.29) is 24.5 Å². The van der Waals surface area contributed by atoms with E-state index in [9.17, 15) is 8.42 Å². The molecule has 0 radical (unpaired) electrons. The Hall–Kier alpha value is 0.120. The van der Waals surface area contributed by atoms with Gasteiger partial charge in [-0.05, 0) is 19.8 Å². The molecule has 1 aliphatic carbocycles. The molecule has 1 aliphatic heterocycles. The van der Waals surface area contributed by atoms with Crippen molar-refractivity contribution in [2.75, 3.05) is 26.7 Å². The van der Waals surface area contributed by atoms with Gasteiger partial charge in [-0.1, -0.05) is 19.3 Å². The zero-order valence-electron chi connectivity index (χ0n) is 11.8. The summed E-state index contributed by atoms with van der Waals surface area (Å²) in [5.74, 6) is 0. The number of piperazine rings is 1. The van der Waals surface area contributed by atoms with Crippen LogP contribution in [0, 0.1) is 0 Å². The predicted molar refractivity (Wildman–Crippen MR) is 79.8 cm³/mol. The molecule has 1 saturated heterocycles. The van der Waals surface area contributed by atoms with Gasteiger partial charge in [-0.3, -0.25) is 0 Å². The summed E-state index contributed by atoms with van der Waals surface area (Å²) >= 11 is 0. The normalized spacial score (nSPS) is 27.2. The van der Waals surface area contributed by atoms with Gasteiger partial charge < -0.3 is 5.32 Å². The van der Waals surface area contributed by atoms with E-state index < -0.39 is 10.2 Å². The van der Waals surface area contributed by atoms with Gasteiger partial charge in [-0.2, -0.15) is 17.0 Å². The summed E-state index contributed by atoms with van der Waals surface area (Å²) in [4.78, 5) is 0. The molecule has 114 valence electrons. The zero-order valence-corrected chi connectivity index (χ0v) is 13.5. The molecule has 0 aromatic heterocycles. The third-order valence-electron chi connectivity index (χ3n) is 4.19. The summed E-state index contributed by atoms with van der Waals surface area (Å²) in [6, 6.07) is 0.251. The fraction of sp³-hybridized carbons (Fsp3) is 1.00. The minimum absolute atomic E-state index is 0. The second kappa shape index (κ2) is 7.22. The molecule has 5 nitrogen and oxygen atoms in total. The topological polar surface area (TPSA) is 52.7 Å². The van der Waals surface area contributed by atoms with Gasteiger partial charge in [0.15, 0.2) is 0 Å². The lowest BCUT2D eigenvalue weighted by atomic mass is 9.96. The van der Waals surface area contributed by atoms with E-state index in [1.54, 1.807) is 15.7 Å². The molecule has 2 rings (SSSR count). The first-order valence-electron chi connectivity index (χ1n) is 6.99. The van der Waals surface area contributed by atoms with Gasteiger partial charge in [-0.25, -0.2) is 0 Å². The minimum atomic E-state index is -3.28. The molecule has 1 heterocycles. The van der Waals surface area contributed by atoms with Crippen LogP contribution < -0.4 is 5.32 Å². The molecule has 7 heteroatoms. The number of halogens is 1. The highest BCUT2D eigenvalue weighted by atomic mass is 35.5. The van der Waals surface area contributed by atoms with Crippen molar-refractivity contribution in [1.29, 1.82) is 0 Å². The van der Waals surface area contributed by atoms with Crippen molar-refractivity contribution in [2.24, 2.45) is 0 Å². The smallest absolute Gasteiger partial charge is 0.282 e. The highest BCUT2D eigenvalue weighted by molar-refractivity contribution is 7.86. The van der Waals surface area contributed by atoms with Crippen molar-refractivity contribution in [3.8, 4) is 0 Å². The maximum absolute atomic E-state index is 12.6. The number of hydrogen-bond acceptors (Lipinski definition) is 3. The zero-order chi connectivity index (χ0) is 13.2. The Morgan fingerprint density at radius 1 is 1.21 bits per heavy atom. The van der Waals surface area contributed by atoms with Gasteiger partial charge >= 0.3 is 0 Å². The molecule has 0 unspecified atom stereocenters. The summed E-state index contributed by atoms with van der Waals surface area (Å²) in [6.07, 6.45) is 5.57. The summed E-state index contributed by atoms with van der Waals surface area (Å²) in [6.45, 7) is 4.05. The van der Waals surface area contributed by atoms with Crippen LogP contribution in [-0.2, 0) is 10.2 Å². The molecule has 0 amide bonds. The highest BCUT2D eigenvalue weighted by Crippen LogP contribution is 2.25. The number of nitrogens with zero attached hydrogens (tertiary/aromatic N) is 2. The van der Waals surface area contributed by atoms with Crippen LogP contribution in [0.15, 0.2) is 0 Å². The quantitative estimate of drug-likeness (QED) is 0.852. The molecule has 19 heavy (non-hydrogen) atoms. The van der Waals surface area contributed by atoms with Crippen LogP contribution >= 0.6 is 12.4 Å². The van der Waals surface area contributed by atoms with Crippen molar-refractivity contribution in [3.05, 3.63) is 0 Å². The molecule has 1 N–H and O–H groups in total. The van der Waals surface area contributed by atoms with Gasteiger partial charge in [0.1, 0.15) is 0 Å². The Labute approximate surface area is 123 Å². The number of nitrogens with one attached hydrogen (secondary N) is 1. The van der Waals surface area contributed by atoms with E-state index in [1.165, 1.54) is 6.42 Å². The van der Waals surface area contributed by atoms with Crippen LogP contribution in [0.1, 0.15) is 39.0 Å². The highest BCUT2D eigenvalue weighted by Gasteiger charge is 2.36. The first-order chi connectivity index (χ1) is 8.53. The third-order valence-corrected chi connectivity index (χ3v) is 6.35. The van der Waals surface area contributed by atoms with E-state index in [4.69, 9.17) is 0 Å². The maximum atomic E-state index is 12.6. The number of hydrogen-bond donors (Lipinski definition) is 1. The van der Waals surface area contributed by atoms with Gasteiger partial charge in [-0.15, -0.1) is 12.4 Å². The van der Waals surface area contributed by atoms with E-state index in [0.29, 0.717) is 6.54 Å². The van der Waals surface area contributed by atoms with Gasteiger partial charge in [0, 0.05) is 38.8 Å². The molecule has 0 spiro atoms. The Morgan fingerprint density at radius 3 is 2.42 bits per heavy atom. The van der Waals surface area contributed by atoms with E-state index in [1.807, 2.05) is 6.92 Å². The third kappa shape index (κ3) is 3.82. The SMILES string of the molecule is C[C@H]1CNCCN1S(=O)(=O)N(C)C1CCCCC1.Cl. The Kier molecular flexibility index (Phi) is 6.53. The molecule has 1 atom stereocenters. The Morgan fingerprint density at radius 2 is 1.84 bits per heavy atom. The lowest BCUT2D eigenvalue weighted by Gasteiger charge is -2.39. The Balaban J connectivity index is 0.00000180. The summed E-state index contributed by atoms with van der Waals surface area (Å²) < 4.78 is 28.5. The van der Waals surface area contributed by atoms with Crippen LogP contribution in [0.25, 0.3) is 0 Å². The maximum Gasteiger partial charge on any atom is 0.282 e. The average molecular weight is 312 g/mol. The molecule has 0 aromatic rings. The fourth-order valence-electron chi connectivity index (χ4n) is 2.96. The van der Waals surface area contributed by atoms with Crippen molar-refractivity contribution in [3.63, 3.8) is 0 Å². The lowest BCUT2D eigenvalue weighted by molar-refractivity contribution is 0.230. The molecule has 2 aliphatic rings. The molecule has 2 fully saturated rings. The van der Waals surface area contributed by atoms with Crippen LogP contribution in [0.5, 0.6) is 0 Å². The lowest BCUT2D eigenvalue weighted by Crippen LogP contribution is -2.57. The van der Waals surface area contributed by atoms with E-state index >= 15 is 0 Å². The van der Waals surface area contributed by atoms with E-state index in [0.717, 1.165) is 38.8 Å². The average Bonchev–Trinajstić information content (AvgIpc) is 2.39. The largest absolute Gasteiger partial charge is 0.314 e. The molecular formula is C12H26ClN3O2S. The van der Waals surface area contributed by atoms with Gasteiger partial charge in [0.05, 0.1) is 0 Å². The first-order valence-corrected chi connectivity index (χ1v) is 8.38. The predicted octanol–water partition coefficient (Wildman–Crippen LogP) is 1.21. The monoisotopic (exact) mass is 311 g/mol. The molecular weight excluding hydrogens is 286 g/mol. The number of rotatable bonds is 3. The van der Waals surface area contributed by atoms with Crippen LogP contribution in [-0.4, -0.2) is 55.8 Å².